The zero-order chi connectivity index (χ0) is 15.4. The molecule has 0 saturated carbocycles. The number of nitrogens with zero attached hydrogens (tertiary/aromatic N) is 3. The van der Waals surface area contributed by atoms with E-state index in [0.717, 1.165) is 29.1 Å². The highest BCUT2D eigenvalue weighted by molar-refractivity contribution is 7.99. The van der Waals surface area contributed by atoms with E-state index in [9.17, 15) is 0 Å². The van der Waals surface area contributed by atoms with Gasteiger partial charge in [0.25, 0.3) is 0 Å². The van der Waals surface area contributed by atoms with Gasteiger partial charge < -0.3 is 10.3 Å². The summed E-state index contributed by atoms with van der Waals surface area (Å²) in [5.74, 6) is 4.06. The van der Waals surface area contributed by atoms with Gasteiger partial charge in [-0.3, -0.25) is 0 Å². The summed E-state index contributed by atoms with van der Waals surface area (Å²) in [6.07, 6.45) is 3.77. The second kappa shape index (κ2) is 7.16. The van der Waals surface area contributed by atoms with Crippen molar-refractivity contribution in [3.05, 3.63) is 17.1 Å². The summed E-state index contributed by atoms with van der Waals surface area (Å²) in [4.78, 5) is 9.00. The van der Waals surface area contributed by atoms with Gasteiger partial charge in [-0.25, -0.2) is 9.97 Å². The van der Waals surface area contributed by atoms with Crippen molar-refractivity contribution >= 4 is 28.6 Å². The predicted molar refractivity (Wildman–Crippen MR) is 93.0 cm³/mol. The number of aromatic nitrogens is 3. The number of fused-ring (bicyclic) bond motifs is 1. The molecule has 0 radical (unpaired) electrons. The Balaban J connectivity index is 2.14. The Morgan fingerprint density at radius 2 is 1.81 bits per heavy atom. The van der Waals surface area contributed by atoms with E-state index < -0.39 is 0 Å². The SMILES string of the molecule is CCCCSCCCn1c(C)nc2c(N)nc(C)c(C)c21. The summed E-state index contributed by atoms with van der Waals surface area (Å²) in [6.45, 7) is 9.42. The Hall–Kier alpha value is -1.23. The maximum Gasteiger partial charge on any atom is 0.151 e. The number of nitrogens with two attached hydrogens (primary N) is 1. The van der Waals surface area contributed by atoms with Crippen LogP contribution in [0.15, 0.2) is 0 Å². The largest absolute Gasteiger partial charge is 0.382 e. The molecule has 0 saturated heterocycles. The number of unbranched alkanes of at least 4 members (excludes halogenated alkanes) is 1. The molecule has 0 aliphatic rings. The van der Waals surface area contributed by atoms with E-state index in [2.05, 4.69) is 47.1 Å². The van der Waals surface area contributed by atoms with Crippen molar-refractivity contribution in [3.63, 3.8) is 0 Å². The van der Waals surface area contributed by atoms with E-state index in [1.54, 1.807) is 0 Å². The lowest BCUT2D eigenvalue weighted by Crippen LogP contribution is -2.04. The van der Waals surface area contributed by atoms with E-state index in [1.807, 2.05) is 6.92 Å². The molecular formula is C16H26N4S. The van der Waals surface area contributed by atoms with Gasteiger partial charge >= 0.3 is 0 Å². The van der Waals surface area contributed by atoms with Crippen molar-refractivity contribution in [2.75, 3.05) is 17.2 Å². The zero-order valence-electron chi connectivity index (χ0n) is 13.6. The summed E-state index contributed by atoms with van der Waals surface area (Å²) in [5.41, 5.74) is 10.2. The highest BCUT2D eigenvalue weighted by atomic mass is 32.2. The molecule has 0 amide bonds. The minimum atomic E-state index is 0.548. The normalized spacial score (nSPS) is 11.4. The van der Waals surface area contributed by atoms with E-state index in [1.165, 1.54) is 36.3 Å². The summed E-state index contributed by atoms with van der Waals surface area (Å²) >= 11 is 2.05. The highest BCUT2D eigenvalue weighted by Gasteiger charge is 2.15. The van der Waals surface area contributed by atoms with Gasteiger partial charge in [0.15, 0.2) is 5.82 Å². The Labute approximate surface area is 131 Å². The zero-order valence-corrected chi connectivity index (χ0v) is 14.4. The Morgan fingerprint density at radius 1 is 1.10 bits per heavy atom. The third-order valence-electron chi connectivity index (χ3n) is 3.90. The van der Waals surface area contributed by atoms with Gasteiger partial charge in [0.05, 0.1) is 5.52 Å². The highest BCUT2D eigenvalue weighted by Crippen LogP contribution is 2.26. The molecule has 0 aromatic carbocycles. The van der Waals surface area contributed by atoms with E-state index >= 15 is 0 Å². The Kier molecular flexibility index (Phi) is 5.51. The number of pyridine rings is 1. The second-order valence-corrected chi connectivity index (χ2v) is 6.76. The first-order chi connectivity index (χ1) is 10.1. The number of nitrogen functional groups attached to an aromatic ring is 1. The molecule has 2 aromatic heterocycles. The number of rotatable bonds is 7. The van der Waals surface area contributed by atoms with Gasteiger partial charge in [-0.05, 0) is 50.7 Å². The average Bonchev–Trinajstić information content (AvgIpc) is 2.78. The van der Waals surface area contributed by atoms with Crippen LogP contribution in [0.25, 0.3) is 11.0 Å². The fraction of sp³-hybridized carbons (Fsp3) is 0.625. The Morgan fingerprint density at radius 3 is 2.52 bits per heavy atom. The van der Waals surface area contributed by atoms with Gasteiger partial charge in [0.2, 0.25) is 0 Å². The van der Waals surface area contributed by atoms with Crippen LogP contribution >= 0.6 is 11.8 Å². The first kappa shape index (κ1) is 16.1. The molecule has 0 unspecified atom stereocenters. The van der Waals surface area contributed by atoms with Gasteiger partial charge in [-0.15, -0.1) is 0 Å². The molecular weight excluding hydrogens is 280 g/mol. The lowest BCUT2D eigenvalue weighted by atomic mass is 10.2. The van der Waals surface area contributed by atoms with Crippen LogP contribution in [0.3, 0.4) is 0 Å². The number of hydrogen-bond donors (Lipinski definition) is 1. The quantitative estimate of drug-likeness (QED) is 0.789. The summed E-state index contributed by atoms with van der Waals surface area (Å²) in [5, 5.41) is 0. The first-order valence-electron chi connectivity index (χ1n) is 7.73. The molecule has 2 rings (SSSR count). The molecule has 0 aliphatic carbocycles. The van der Waals surface area contributed by atoms with Gasteiger partial charge in [-0.2, -0.15) is 11.8 Å². The number of hydrogen-bond acceptors (Lipinski definition) is 4. The predicted octanol–water partition coefficient (Wildman–Crippen LogP) is 3.86. The lowest BCUT2D eigenvalue weighted by Gasteiger charge is -2.10. The first-order valence-corrected chi connectivity index (χ1v) is 8.89. The topological polar surface area (TPSA) is 56.7 Å². The molecule has 0 spiro atoms. The van der Waals surface area contributed by atoms with Crippen LogP contribution in [0.4, 0.5) is 5.82 Å². The van der Waals surface area contributed by atoms with Crippen molar-refractivity contribution in [2.24, 2.45) is 0 Å². The molecule has 0 bridgehead atoms. The summed E-state index contributed by atoms with van der Waals surface area (Å²) in [7, 11) is 0. The molecule has 0 atom stereocenters. The third kappa shape index (κ3) is 3.51. The van der Waals surface area contributed by atoms with Crippen LogP contribution in [0.2, 0.25) is 0 Å². The third-order valence-corrected chi connectivity index (χ3v) is 5.05. The summed E-state index contributed by atoms with van der Waals surface area (Å²) in [6, 6.07) is 0. The monoisotopic (exact) mass is 306 g/mol. The van der Waals surface area contributed by atoms with Crippen molar-refractivity contribution in [1.29, 1.82) is 0 Å². The van der Waals surface area contributed by atoms with Crippen molar-refractivity contribution < 1.29 is 0 Å². The van der Waals surface area contributed by atoms with Crippen LogP contribution in [0.5, 0.6) is 0 Å². The molecule has 116 valence electrons. The van der Waals surface area contributed by atoms with Gasteiger partial charge in [0, 0.05) is 12.2 Å². The van der Waals surface area contributed by atoms with Crippen LogP contribution in [0.1, 0.15) is 43.3 Å². The van der Waals surface area contributed by atoms with E-state index in [4.69, 9.17) is 5.73 Å². The van der Waals surface area contributed by atoms with Crippen LogP contribution in [-0.2, 0) is 6.54 Å². The average molecular weight is 306 g/mol. The number of thioether (sulfide) groups is 1. The van der Waals surface area contributed by atoms with Crippen molar-refractivity contribution in [3.8, 4) is 0 Å². The van der Waals surface area contributed by atoms with Crippen molar-refractivity contribution in [1.82, 2.24) is 14.5 Å². The van der Waals surface area contributed by atoms with Gasteiger partial charge in [-0.1, -0.05) is 13.3 Å². The van der Waals surface area contributed by atoms with Gasteiger partial charge in [0.1, 0.15) is 11.3 Å². The fourth-order valence-electron chi connectivity index (χ4n) is 2.56. The second-order valence-electron chi connectivity index (χ2n) is 5.53. The van der Waals surface area contributed by atoms with Crippen LogP contribution in [-0.4, -0.2) is 26.0 Å². The lowest BCUT2D eigenvalue weighted by molar-refractivity contribution is 0.679. The standard InChI is InChI=1S/C16H26N4S/c1-5-6-9-21-10-7-8-20-13(4)19-14-15(20)11(2)12(3)18-16(14)17/h5-10H2,1-4H3,(H2,17,18). The molecule has 0 fully saturated rings. The number of imidazole rings is 1. The van der Waals surface area contributed by atoms with E-state index in [-0.39, 0.29) is 0 Å². The van der Waals surface area contributed by atoms with Crippen LogP contribution in [0, 0.1) is 20.8 Å². The molecule has 5 heteroatoms. The van der Waals surface area contributed by atoms with Crippen molar-refractivity contribution in [2.45, 2.75) is 53.5 Å². The molecule has 21 heavy (non-hydrogen) atoms. The number of aryl methyl sites for hydroxylation is 4. The smallest absolute Gasteiger partial charge is 0.151 e. The maximum absolute atomic E-state index is 6.03. The molecule has 2 N–H and O–H groups in total. The van der Waals surface area contributed by atoms with Crippen LogP contribution < -0.4 is 5.73 Å². The molecule has 0 aliphatic heterocycles. The molecule has 2 aromatic rings. The minimum absolute atomic E-state index is 0.548. The minimum Gasteiger partial charge on any atom is -0.382 e. The Bertz CT molecular complexity index is 618. The maximum atomic E-state index is 6.03. The molecule has 2 heterocycles. The molecule has 4 nitrogen and oxygen atoms in total. The fourth-order valence-corrected chi connectivity index (χ4v) is 3.59. The van der Waals surface area contributed by atoms with E-state index in [0.29, 0.717) is 5.82 Å². The summed E-state index contributed by atoms with van der Waals surface area (Å²) < 4.78 is 2.30. The number of anilines is 1.